The third-order valence-corrected chi connectivity index (χ3v) is 4.83. The first-order chi connectivity index (χ1) is 13.5. The molecule has 0 aromatic heterocycles. The Kier molecular flexibility index (Phi) is 9.17. The summed E-state index contributed by atoms with van der Waals surface area (Å²) in [6, 6.07) is 9.71. The number of rotatable bonds is 9. The number of ether oxygens (including phenoxy) is 1. The molecule has 6 heteroatoms. The first-order valence-electron chi connectivity index (χ1n) is 10.0. The summed E-state index contributed by atoms with van der Waals surface area (Å²) < 4.78 is 4.81. The fourth-order valence-corrected chi connectivity index (χ4v) is 3.30. The Bertz CT molecular complexity index is 638. The fraction of sp³-hybridized carbons (Fsp3) is 0.545. The van der Waals surface area contributed by atoms with Crippen LogP contribution < -0.4 is 5.32 Å². The van der Waals surface area contributed by atoms with Crippen LogP contribution in [-0.4, -0.2) is 74.1 Å². The number of carbonyl (C=O) groups excluding carboxylic acids is 2. The van der Waals surface area contributed by atoms with E-state index in [1.807, 2.05) is 32.0 Å². The zero-order valence-corrected chi connectivity index (χ0v) is 17.3. The molecule has 1 aromatic rings. The summed E-state index contributed by atoms with van der Waals surface area (Å²) >= 11 is 0. The second kappa shape index (κ2) is 11.6. The van der Waals surface area contributed by atoms with E-state index in [1.165, 1.54) is 12.7 Å². The number of benzene rings is 1. The zero-order chi connectivity index (χ0) is 20.4. The minimum atomic E-state index is -0.568. The third-order valence-electron chi connectivity index (χ3n) is 4.83. The maximum Gasteiger partial charge on any atom is 0.328 e. The molecular formula is C22H33N3O3. The molecule has 0 saturated carbocycles. The highest BCUT2D eigenvalue weighted by Gasteiger charge is 2.24. The van der Waals surface area contributed by atoms with E-state index in [-0.39, 0.29) is 11.9 Å². The summed E-state index contributed by atoms with van der Waals surface area (Å²) in [5, 5.41) is 2.83. The second-order valence-electron chi connectivity index (χ2n) is 7.66. The van der Waals surface area contributed by atoms with Crippen LogP contribution in [0.1, 0.15) is 25.8 Å². The lowest BCUT2D eigenvalue weighted by atomic mass is 10.0. The lowest BCUT2D eigenvalue weighted by molar-refractivity contribution is -0.145. The summed E-state index contributed by atoms with van der Waals surface area (Å²) in [5.74, 6) is -0.192. The van der Waals surface area contributed by atoms with E-state index in [2.05, 4.69) is 39.4 Å². The van der Waals surface area contributed by atoms with Crippen molar-refractivity contribution in [3.8, 4) is 0 Å². The molecule has 1 N–H and O–H groups in total. The van der Waals surface area contributed by atoms with Gasteiger partial charge < -0.3 is 10.1 Å². The highest BCUT2D eigenvalue weighted by atomic mass is 16.5. The van der Waals surface area contributed by atoms with Crippen molar-refractivity contribution in [2.75, 3.05) is 46.4 Å². The summed E-state index contributed by atoms with van der Waals surface area (Å²) in [4.78, 5) is 28.7. The summed E-state index contributed by atoms with van der Waals surface area (Å²) in [7, 11) is 1.35. The van der Waals surface area contributed by atoms with Gasteiger partial charge in [-0.15, -0.1) is 0 Å². The van der Waals surface area contributed by atoms with Gasteiger partial charge in [-0.25, -0.2) is 4.79 Å². The van der Waals surface area contributed by atoms with Gasteiger partial charge in [-0.1, -0.05) is 56.3 Å². The van der Waals surface area contributed by atoms with E-state index >= 15 is 0 Å². The molecule has 1 fully saturated rings. The van der Waals surface area contributed by atoms with E-state index < -0.39 is 6.04 Å². The van der Waals surface area contributed by atoms with Crippen LogP contribution in [0.4, 0.5) is 0 Å². The number of hydrogen-bond acceptors (Lipinski definition) is 5. The molecular weight excluding hydrogens is 354 g/mol. The Morgan fingerprint density at radius 2 is 1.75 bits per heavy atom. The Labute approximate surface area is 168 Å². The predicted octanol–water partition coefficient (Wildman–Crippen LogP) is 2.02. The Morgan fingerprint density at radius 3 is 2.36 bits per heavy atom. The SMILES string of the molecule is COC(=O)[C@@H](CC(C)C)NC(=O)CN1CCN(C/C=C/c2ccccc2)CC1. The van der Waals surface area contributed by atoms with Crippen molar-refractivity contribution in [2.24, 2.45) is 5.92 Å². The standard InChI is InChI=1S/C22H33N3O3/c1-18(2)16-20(22(27)28-3)23-21(26)17-25-14-12-24(13-15-25)11-7-10-19-8-5-4-6-9-19/h4-10,18,20H,11-17H2,1-3H3,(H,23,26)/b10-7+/t20-/m1/s1. The minimum absolute atomic E-state index is 0.117. The highest BCUT2D eigenvalue weighted by molar-refractivity contribution is 5.85. The molecule has 1 aliphatic rings. The average Bonchev–Trinajstić information content (AvgIpc) is 2.68. The minimum Gasteiger partial charge on any atom is -0.467 e. The van der Waals surface area contributed by atoms with Crippen LogP contribution in [0.5, 0.6) is 0 Å². The van der Waals surface area contributed by atoms with Crippen molar-refractivity contribution < 1.29 is 14.3 Å². The van der Waals surface area contributed by atoms with E-state index in [0.29, 0.717) is 18.9 Å². The number of esters is 1. The van der Waals surface area contributed by atoms with Gasteiger partial charge in [-0.05, 0) is 17.9 Å². The van der Waals surface area contributed by atoms with Crippen molar-refractivity contribution in [1.82, 2.24) is 15.1 Å². The monoisotopic (exact) mass is 387 g/mol. The zero-order valence-electron chi connectivity index (χ0n) is 17.3. The molecule has 1 saturated heterocycles. The van der Waals surface area contributed by atoms with Gasteiger partial charge >= 0.3 is 5.97 Å². The number of carbonyl (C=O) groups is 2. The smallest absolute Gasteiger partial charge is 0.328 e. The molecule has 1 heterocycles. The molecule has 0 spiro atoms. The molecule has 0 bridgehead atoms. The molecule has 28 heavy (non-hydrogen) atoms. The topological polar surface area (TPSA) is 61.9 Å². The van der Waals surface area contributed by atoms with Crippen LogP contribution in [0.3, 0.4) is 0 Å². The van der Waals surface area contributed by atoms with Crippen LogP contribution in [-0.2, 0) is 14.3 Å². The number of hydrogen-bond donors (Lipinski definition) is 1. The largest absolute Gasteiger partial charge is 0.467 e. The summed E-state index contributed by atoms with van der Waals surface area (Å²) in [5.41, 5.74) is 1.21. The molecule has 154 valence electrons. The van der Waals surface area contributed by atoms with Gasteiger partial charge in [0.15, 0.2) is 0 Å². The lowest BCUT2D eigenvalue weighted by Crippen LogP contribution is -2.51. The first-order valence-corrected chi connectivity index (χ1v) is 10.0. The quantitative estimate of drug-likeness (QED) is 0.657. The molecule has 1 atom stereocenters. The third kappa shape index (κ3) is 7.82. The van der Waals surface area contributed by atoms with Crippen LogP contribution in [0.25, 0.3) is 6.08 Å². The molecule has 1 amide bonds. The number of methoxy groups -OCH3 is 1. The van der Waals surface area contributed by atoms with Gasteiger partial charge in [0.05, 0.1) is 13.7 Å². The maximum absolute atomic E-state index is 12.3. The molecule has 0 unspecified atom stereocenters. The van der Waals surface area contributed by atoms with Crippen molar-refractivity contribution >= 4 is 18.0 Å². The van der Waals surface area contributed by atoms with E-state index in [9.17, 15) is 9.59 Å². The van der Waals surface area contributed by atoms with Crippen LogP contribution in [0.15, 0.2) is 36.4 Å². The van der Waals surface area contributed by atoms with Crippen molar-refractivity contribution in [3.05, 3.63) is 42.0 Å². The van der Waals surface area contributed by atoms with Crippen LogP contribution >= 0.6 is 0 Å². The Morgan fingerprint density at radius 1 is 1.11 bits per heavy atom. The van der Waals surface area contributed by atoms with E-state index in [1.54, 1.807) is 0 Å². The Hall–Kier alpha value is -2.18. The molecule has 6 nitrogen and oxygen atoms in total. The molecule has 0 aliphatic carbocycles. The highest BCUT2D eigenvalue weighted by Crippen LogP contribution is 2.07. The van der Waals surface area contributed by atoms with Crippen molar-refractivity contribution in [3.63, 3.8) is 0 Å². The van der Waals surface area contributed by atoms with Crippen LogP contribution in [0.2, 0.25) is 0 Å². The van der Waals surface area contributed by atoms with Crippen LogP contribution in [0, 0.1) is 5.92 Å². The van der Waals surface area contributed by atoms with Gasteiger partial charge in [0.25, 0.3) is 0 Å². The Balaban J connectivity index is 1.71. The van der Waals surface area contributed by atoms with Crippen molar-refractivity contribution in [1.29, 1.82) is 0 Å². The second-order valence-corrected chi connectivity index (χ2v) is 7.66. The summed E-state index contributed by atoms with van der Waals surface area (Å²) in [6.45, 7) is 8.82. The number of nitrogens with zero attached hydrogens (tertiary/aromatic N) is 2. The average molecular weight is 388 g/mol. The maximum atomic E-state index is 12.3. The normalized spacial score (nSPS) is 17.0. The summed E-state index contributed by atoms with van der Waals surface area (Å²) in [6.07, 6.45) is 4.91. The lowest BCUT2D eigenvalue weighted by Gasteiger charge is -2.33. The predicted molar refractivity (Wildman–Crippen MR) is 112 cm³/mol. The van der Waals surface area contributed by atoms with Gasteiger partial charge in [-0.3, -0.25) is 14.6 Å². The molecule has 0 radical (unpaired) electrons. The van der Waals surface area contributed by atoms with E-state index in [4.69, 9.17) is 4.74 Å². The number of piperazine rings is 1. The molecule has 2 rings (SSSR count). The molecule has 1 aliphatic heterocycles. The van der Waals surface area contributed by atoms with Gasteiger partial charge in [0, 0.05) is 32.7 Å². The number of amides is 1. The fourth-order valence-electron chi connectivity index (χ4n) is 3.30. The van der Waals surface area contributed by atoms with Gasteiger partial charge in [0.2, 0.25) is 5.91 Å². The number of nitrogens with one attached hydrogen (secondary N) is 1. The van der Waals surface area contributed by atoms with Gasteiger partial charge in [-0.2, -0.15) is 0 Å². The van der Waals surface area contributed by atoms with E-state index in [0.717, 1.165) is 32.7 Å². The van der Waals surface area contributed by atoms with Crippen molar-refractivity contribution in [2.45, 2.75) is 26.3 Å². The molecule has 1 aromatic carbocycles. The first kappa shape index (κ1) is 22.1. The van der Waals surface area contributed by atoms with Gasteiger partial charge in [0.1, 0.15) is 6.04 Å².